The number of fused-ring (bicyclic) bond motifs is 3. The summed E-state index contributed by atoms with van der Waals surface area (Å²) in [6.07, 6.45) is 2.13. The molecule has 0 fully saturated rings. The molecule has 1 aliphatic carbocycles. The highest BCUT2D eigenvalue weighted by Crippen LogP contribution is 2.36. The smallest absolute Gasteiger partial charge is 0.0218 e. The van der Waals surface area contributed by atoms with Gasteiger partial charge < -0.3 is 0 Å². The summed E-state index contributed by atoms with van der Waals surface area (Å²) in [7, 11) is 0. The molecule has 0 heteroatoms. The Hall–Kier alpha value is -1.56. The predicted octanol–water partition coefficient (Wildman–Crippen LogP) is 2.67. The minimum Gasteiger partial charge on any atom is -0.0619 e. The monoisotopic (exact) mass is 162 g/mol. The molecule has 0 unspecified atom stereocenters. The summed E-state index contributed by atoms with van der Waals surface area (Å²) in [4.78, 5) is 0. The van der Waals surface area contributed by atoms with E-state index in [9.17, 15) is 0 Å². The molecule has 0 saturated heterocycles. The van der Waals surface area contributed by atoms with Gasteiger partial charge in [-0.3, -0.25) is 0 Å². The maximum Gasteiger partial charge on any atom is 0.0218 e. The van der Waals surface area contributed by atoms with Gasteiger partial charge in [-0.1, -0.05) is 24.3 Å². The van der Waals surface area contributed by atoms with Gasteiger partial charge in [0.05, 0.1) is 0 Å². The lowest BCUT2D eigenvalue weighted by molar-refractivity contribution is 1.52. The lowest BCUT2D eigenvalue weighted by Crippen LogP contribution is -1.75. The molecule has 0 heterocycles. The lowest BCUT2D eigenvalue weighted by Gasteiger charge is -1.97. The summed E-state index contributed by atoms with van der Waals surface area (Å²) in [5, 5.41) is 0. The molecule has 13 heavy (non-hydrogen) atoms. The van der Waals surface area contributed by atoms with E-state index in [1.807, 2.05) is 6.07 Å². The molecule has 1 aliphatic rings. The van der Waals surface area contributed by atoms with E-state index in [4.69, 9.17) is 0 Å². The maximum atomic E-state index is 3.06. The van der Waals surface area contributed by atoms with Crippen molar-refractivity contribution >= 4 is 0 Å². The van der Waals surface area contributed by atoms with Crippen molar-refractivity contribution in [3.8, 4) is 11.1 Å². The Balaban J connectivity index is 2.32. The first-order chi connectivity index (χ1) is 6.45. The van der Waals surface area contributed by atoms with Crippen LogP contribution in [0.25, 0.3) is 11.1 Å². The van der Waals surface area contributed by atoms with E-state index >= 15 is 0 Å². The molecule has 58 valence electrons. The molecule has 4 radical (unpaired) electrons. The van der Waals surface area contributed by atoms with Gasteiger partial charge in [-0.2, -0.15) is 0 Å². The molecule has 0 aliphatic heterocycles. The predicted molar refractivity (Wildman–Crippen MR) is 50.9 cm³/mol. The van der Waals surface area contributed by atoms with Crippen LogP contribution in [0.15, 0.2) is 30.3 Å². The molecule has 0 aromatic heterocycles. The van der Waals surface area contributed by atoms with Gasteiger partial charge in [0.15, 0.2) is 0 Å². The van der Waals surface area contributed by atoms with E-state index in [0.717, 1.165) is 5.56 Å². The molecular weight excluding hydrogens is 156 g/mol. The van der Waals surface area contributed by atoms with E-state index in [1.54, 1.807) is 0 Å². The molecule has 0 atom stereocenters. The van der Waals surface area contributed by atoms with Crippen LogP contribution in [-0.2, 0) is 0 Å². The van der Waals surface area contributed by atoms with E-state index in [1.165, 1.54) is 16.7 Å². The van der Waals surface area contributed by atoms with Crippen molar-refractivity contribution in [2.75, 3.05) is 0 Å². The first kappa shape index (κ1) is 6.90. The van der Waals surface area contributed by atoms with Crippen molar-refractivity contribution in [1.82, 2.24) is 0 Å². The Kier molecular flexibility index (Phi) is 1.31. The van der Waals surface area contributed by atoms with E-state index in [-0.39, 0.29) is 0 Å². The van der Waals surface area contributed by atoms with E-state index in [2.05, 4.69) is 48.9 Å². The Labute approximate surface area is 77.8 Å². The molecule has 0 saturated carbocycles. The van der Waals surface area contributed by atoms with E-state index < -0.39 is 0 Å². The van der Waals surface area contributed by atoms with Crippen LogP contribution in [-0.4, -0.2) is 0 Å². The zero-order valence-electron chi connectivity index (χ0n) is 6.96. The minimum absolute atomic E-state index is 1.12. The van der Waals surface area contributed by atoms with Crippen LogP contribution >= 0.6 is 0 Å². The third-order valence-corrected chi connectivity index (χ3v) is 2.33. The molecule has 0 amide bonds. The molecule has 0 spiro atoms. The minimum atomic E-state index is 1.12. The molecule has 0 bridgehead atoms. The number of hydrogen-bond donors (Lipinski definition) is 0. The van der Waals surface area contributed by atoms with Crippen LogP contribution in [0.2, 0.25) is 0 Å². The molecule has 0 nitrogen and oxygen atoms in total. The summed E-state index contributed by atoms with van der Waals surface area (Å²) in [6, 6.07) is 19.1. The van der Waals surface area contributed by atoms with Crippen LogP contribution in [0.5, 0.6) is 0 Å². The quantitative estimate of drug-likeness (QED) is 0.476. The summed E-state index contributed by atoms with van der Waals surface area (Å²) >= 11 is 0. The number of benzene rings is 2. The fourth-order valence-corrected chi connectivity index (χ4v) is 1.72. The molecule has 2 aromatic rings. The Bertz CT molecular complexity index is 412. The highest BCUT2D eigenvalue weighted by molar-refractivity contribution is 5.80. The third kappa shape index (κ3) is 0.919. The second-order valence-electron chi connectivity index (χ2n) is 3.10. The van der Waals surface area contributed by atoms with Crippen LogP contribution in [0.1, 0.15) is 11.1 Å². The van der Waals surface area contributed by atoms with Gasteiger partial charge in [-0.25, -0.2) is 0 Å². The molecule has 0 N–H and O–H groups in total. The van der Waals surface area contributed by atoms with Crippen LogP contribution < -0.4 is 0 Å². The van der Waals surface area contributed by atoms with Gasteiger partial charge in [0.2, 0.25) is 0 Å². The SMILES string of the molecule is [c]1[c]cc2c([c]1)[CH]c1ccccc1-2. The second-order valence-corrected chi connectivity index (χ2v) is 3.10. The largest absolute Gasteiger partial charge is 0.0619 e. The second kappa shape index (κ2) is 2.46. The number of rotatable bonds is 0. The van der Waals surface area contributed by atoms with Crippen LogP contribution in [0.3, 0.4) is 0 Å². The normalized spacial score (nSPS) is 12.3. The van der Waals surface area contributed by atoms with Gasteiger partial charge >= 0.3 is 0 Å². The Morgan fingerprint density at radius 1 is 1.00 bits per heavy atom. The van der Waals surface area contributed by atoms with E-state index in [0.29, 0.717) is 0 Å². The van der Waals surface area contributed by atoms with Crippen molar-refractivity contribution in [1.29, 1.82) is 0 Å². The standard InChI is InChI=1S/C13H6/c1-3-7-12-10(5-1)9-11-6-2-4-8-13(11)12/h1,3,5,7-9H. The average molecular weight is 162 g/mol. The molecule has 3 rings (SSSR count). The fraction of sp³-hybridized carbons (Fsp3) is 0. The summed E-state index contributed by atoms with van der Waals surface area (Å²) < 4.78 is 0. The summed E-state index contributed by atoms with van der Waals surface area (Å²) in [5.41, 5.74) is 4.88. The highest BCUT2D eigenvalue weighted by atomic mass is 14.2. The average Bonchev–Trinajstić information content (AvgIpc) is 2.56. The zero-order valence-corrected chi connectivity index (χ0v) is 6.96. The van der Waals surface area contributed by atoms with Crippen LogP contribution in [0, 0.1) is 24.6 Å². The maximum absolute atomic E-state index is 3.06. The molecule has 2 aromatic carbocycles. The van der Waals surface area contributed by atoms with Gasteiger partial charge in [-0.05, 0) is 46.5 Å². The zero-order chi connectivity index (χ0) is 8.67. The fourth-order valence-electron chi connectivity index (χ4n) is 1.72. The summed E-state index contributed by atoms with van der Waals surface area (Å²) in [6.45, 7) is 0. The Morgan fingerprint density at radius 2 is 1.92 bits per heavy atom. The first-order valence-corrected chi connectivity index (χ1v) is 4.23. The first-order valence-electron chi connectivity index (χ1n) is 4.23. The van der Waals surface area contributed by atoms with Crippen molar-refractivity contribution in [2.45, 2.75) is 0 Å². The summed E-state index contributed by atoms with van der Waals surface area (Å²) in [5.74, 6) is 0. The van der Waals surface area contributed by atoms with Crippen molar-refractivity contribution < 1.29 is 0 Å². The highest BCUT2D eigenvalue weighted by Gasteiger charge is 2.16. The Morgan fingerprint density at radius 3 is 2.92 bits per heavy atom. The van der Waals surface area contributed by atoms with Crippen molar-refractivity contribution in [2.24, 2.45) is 0 Å². The van der Waals surface area contributed by atoms with Crippen LogP contribution in [0.4, 0.5) is 0 Å². The van der Waals surface area contributed by atoms with Crippen molar-refractivity contribution in [3.63, 3.8) is 0 Å². The van der Waals surface area contributed by atoms with Gasteiger partial charge in [0, 0.05) is 6.42 Å². The molecular formula is C13H6. The van der Waals surface area contributed by atoms with Gasteiger partial charge in [0.25, 0.3) is 0 Å². The lowest BCUT2D eigenvalue weighted by atomic mass is 10.1. The third-order valence-electron chi connectivity index (χ3n) is 2.33. The van der Waals surface area contributed by atoms with Gasteiger partial charge in [0.1, 0.15) is 0 Å². The van der Waals surface area contributed by atoms with Crippen molar-refractivity contribution in [3.05, 3.63) is 66.1 Å². The number of hydrogen-bond acceptors (Lipinski definition) is 0. The topological polar surface area (TPSA) is 0 Å². The van der Waals surface area contributed by atoms with Gasteiger partial charge in [-0.15, -0.1) is 0 Å².